The zero-order valence-corrected chi connectivity index (χ0v) is 17.1. The number of benzene rings is 3. The Morgan fingerprint density at radius 1 is 0.750 bits per heavy atom. The van der Waals surface area contributed by atoms with Gasteiger partial charge < -0.3 is 5.11 Å². The monoisotopic (exact) mass is 395 g/mol. The SMILES string of the molecule is Cc1ccc(S(=O)(=O)NC(C)(C)C(O)(c2ccccc2)c2ccccc2)cc1. The quantitative estimate of drug-likeness (QED) is 0.663. The van der Waals surface area contributed by atoms with Crippen LogP contribution >= 0.6 is 0 Å². The maximum Gasteiger partial charge on any atom is 0.241 e. The van der Waals surface area contributed by atoms with Crippen molar-refractivity contribution in [1.29, 1.82) is 0 Å². The van der Waals surface area contributed by atoms with Crippen LogP contribution in [0.2, 0.25) is 0 Å². The van der Waals surface area contributed by atoms with E-state index in [0.29, 0.717) is 11.1 Å². The van der Waals surface area contributed by atoms with Gasteiger partial charge in [0.25, 0.3) is 0 Å². The van der Waals surface area contributed by atoms with Crippen LogP contribution in [-0.4, -0.2) is 19.1 Å². The Hall–Kier alpha value is -2.47. The summed E-state index contributed by atoms with van der Waals surface area (Å²) in [4.78, 5) is 0.162. The lowest BCUT2D eigenvalue weighted by atomic mass is 9.73. The van der Waals surface area contributed by atoms with Crippen molar-refractivity contribution in [2.75, 3.05) is 0 Å². The van der Waals surface area contributed by atoms with Crippen LogP contribution in [0.3, 0.4) is 0 Å². The molecule has 0 radical (unpaired) electrons. The highest BCUT2D eigenvalue weighted by atomic mass is 32.2. The van der Waals surface area contributed by atoms with Gasteiger partial charge in [-0.05, 0) is 44.0 Å². The number of aryl methyl sites for hydroxylation is 1. The van der Waals surface area contributed by atoms with Crippen LogP contribution in [0.5, 0.6) is 0 Å². The van der Waals surface area contributed by atoms with Gasteiger partial charge in [-0.15, -0.1) is 0 Å². The highest BCUT2D eigenvalue weighted by molar-refractivity contribution is 7.89. The molecule has 0 unspecified atom stereocenters. The smallest absolute Gasteiger partial charge is 0.241 e. The molecule has 28 heavy (non-hydrogen) atoms. The van der Waals surface area contributed by atoms with Crippen LogP contribution in [0.1, 0.15) is 30.5 Å². The Kier molecular flexibility index (Phi) is 5.44. The van der Waals surface area contributed by atoms with Gasteiger partial charge in [0.1, 0.15) is 5.60 Å². The fourth-order valence-electron chi connectivity index (χ4n) is 3.43. The number of hydrogen-bond acceptors (Lipinski definition) is 3. The zero-order chi connectivity index (χ0) is 20.4. The molecule has 0 atom stereocenters. The molecule has 3 aromatic carbocycles. The number of hydrogen-bond donors (Lipinski definition) is 2. The lowest BCUT2D eigenvalue weighted by molar-refractivity contribution is 0.00503. The first-order valence-corrected chi connectivity index (χ1v) is 10.6. The molecule has 3 aromatic rings. The molecular formula is C23H25NO3S. The standard InChI is InChI=1S/C23H25NO3S/c1-18-14-16-21(17-15-18)28(26,27)24-22(2,3)23(25,19-10-6-4-7-11-19)20-12-8-5-9-13-20/h4-17,24-25H,1-3H3. The van der Waals surface area contributed by atoms with E-state index in [1.54, 1.807) is 62.4 Å². The Bertz CT molecular complexity index is 989. The lowest BCUT2D eigenvalue weighted by Gasteiger charge is -2.43. The molecule has 0 aliphatic heterocycles. The summed E-state index contributed by atoms with van der Waals surface area (Å²) in [6.45, 7) is 5.29. The molecule has 0 fully saturated rings. The Balaban J connectivity index is 2.10. The fraction of sp³-hybridized carbons (Fsp3) is 0.217. The Morgan fingerprint density at radius 2 is 1.18 bits per heavy atom. The third kappa shape index (κ3) is 3.74. The number of sulfonamides is 1. The van der Waals surface area contributed by atoms with Crippen LogP contribution in [0.15, 0.2) is 89.8 Å². The number of rotatable bonds is 6. The van der Waals surface area contributed by atoms with Crippen LogP contribution < -0.4 is 4.72 Å². The van der Waals surface area contributed by atoms with Gasteiger partial charge in [0, 0.05) is 0 Å². The molecule has 0 aliphatic carbocycles. The van der Waals surface area contributed by atoms with Crippen LogP contribution in [0, 0.1) is 6.92 Å². The molecule has 0 bridgehead atoms. The Morgan fingerprint density at radius 3 is 1.61 bits per heavy atom. The van der Waals surface area contributed by atoms with Gasteiger partial charge in [0.05, 0.1) is 10.4 Å². The molecule has 2 N–H and O–H groups in total. The Labute approximate surface area is 166 Å². The average molecular weight is 396 g/mol. The van der Waals surface area contributed by atoms with E-state index in [1.165, 1.54) is 0 Å². The summed E-state index contributed by atoms with van der Waals surface area (Å²) in [7, 11) is -3.84. The highest BCUT2D eigenvalue weighted by Gasteiger charge is 2.48. The van der Waals surface area contributed by atoms with E-state index in [-0.39, 0.29) is 4.90 Å². The van der Waals surface area contributed by atoms with Crippen molar-refractivity contribution in [2.45, 2.75) is 36.8 Å². The van der Waals surface area contributed by atoms with E-state index in [9.17, 15) is 13.5 Å². The van der Waals surface area contributed by atoms with Gasteiger partial charge in [-0.1, -0.05) is 78.4 Å². The lowest BCUT2D eigenvalue weighted by Crippen LogP contribution is -2.59. The predicted octanol–water partition coefficient (Wildman–Crippen LogP) is 3.99. The van der Waals surface area contributed by atoms with Crippen LogP contribution in [0.4, 0.5) is 0 Å². The first-order chi connectivity index (χ1) is 13.2. The molecule has 0 heterocycles. The fourth-order valence-corrected chi connectivity index (χ4v) is 4.86. The second-order valence-corrected chi connectivity index (χ2v) is 9.17. The molecule has 0 amide bonds. The van der Waals surface area contributed by atoms with Crippen molar-refractivity contribution >= 4 is 10.0 Å². The molecule has 0 spiro atoms. The largest absolute Gasteiger partial charge is 0.378 e. The van der Waals surface area contributed by atoms with Gasteiger partial charge in [-0.2, -0.15) is 0 Å². The molecule has 0 aliphatic rings. The summed E-state index contributed by atoms with van der Waals surface area (Å²) in [5, 5.41) is 11.9. The van der Waals surface area contributed by atoms with Gasteiger partial charge in [0.15, 0.2) is 0 Å². The topological polar surface area (TPSA) is 66.4 Å². The average Bonchev–Trinajstić information content (AvgIpc) is 2.68. The first-order valence-electron chi connectivity index (χ1n) is 9.11. The minimum absolute atomic E-state index is 0.162. The van der Waals surface area contributed by atoms with Crippen molar-refractivity contribution in [2.24, 2.45) is 0 Å². The molecule has 4 nitrogen and oxygen atoms in total. The van der Waals surface area contributed by atoms with Gasteiger partial charge >= 0.3 is 0 Å². The summed E-state index contributed by atoms with van der Waals surface area (Å²) in [6.07, 6.45) is 0. The van der Waals surface area contributed by atoms with Crippen molar-refractivity contribution < 1.29 is 13.5 Å². The third-order valence-corrected chi connectivity index (χ3v) is 6.68. The second-order valence-electron chi connectivity index (χ2n) is 7.49. The molecule has 146 valence electrons. The molecule has 0 saturated carbocycles. The maximum absolute atomic E-state index is 13.0. The van der Waals surface area contributed by atoms with E-state index in [4.69, 9.17) is 0 Å². The highest BCUT2D eigenvalue weighted by Crippen LogP contribution is 2.40. The van der Waals surface area contributed by atoms with Gasteiger partial charge in [-0.3, -0.25) is 0 Å². The van der Waals surface area contributed by atoms with E-state index in [2.05, 4.69) is 4.72 Å². The van der Waals surface area contributed by atoms with Gasteiger partial charge in [0.2, 0.25) is 10.0 Å². The van der Waals surface area contributed by atoms with Crippen molar-refractivity contribution in [3.8, 4) is 0 Å². The minimum Gasteiger partial charge on any atom is -0.378 e. The minimum atomic E-state index is -3.84. The van der Waals surface area contributed by atoms with Crippen LogP contribution in [0.25, 0.3) is 0 Å². The van der Waals surface area contributed by atoms with E-state index < -0.39 is 21.2 Å². The maximum atomic E-state index is 13.0. The van der Waals surface area contributed by atoms with E-state index >= 15 is 0 Å². The molecule has 3 rings (SSSR count). The van der Waals surface area contributed by atoms with E-state index in [0.717, 1.165) is 5.56 Å². The summed E-state index contributed by atoms with van der Waals surface area (Å²) >= 11 is 0. The van der Waals surface area contributed by atoms with Crippen molar-refractivity contribution in [3.05, 3.63) is 102 Å². The molecule has 5 heteroatoms. The van der Waals surface area contributed by atoms with E-state index in [1.807, 2.05) is 43.3 Å². The van der Waals surface area contributed by atoms with Gasteiger partial charge in [-0.25, -0.2) is 13.1 Å². The molecule has 0 aromatic heterocycles. The molecule has 0 saturated heterocycles. The first kappa shape index (κ1) is 20.3. The number of aliphatic hydroxyl groups is 1. The second kappa shape index (κ2) is 7.51. The normalized spacial score (nSPS) is 12.7. The number of nitrogens with one attached hydrogen (secondary N) is 1. The van der Waals surface area contributed by atoms with Crippen molar-refractivity contribution in [1.82, 2.24) is 4.72 Å². The van der Waals surface area contributed by atoms with Crippen LogP contribution in [-0.2, 0) is 15.6 Å². The van der Waals surface area contributed by atoms with Crippen molar-refractivity contribution in [3.63, 3.8) is 0 Å². The summed E-state index contributed by atoms with van der Waals surface area (Å²) in [6, 6.07) is 24.9. The molecular weight excluding hydrogens is 370 g/mol. The summed E-state index contributed by atoms with van der Waals surface area (Å²) in [5.41, 5.74) is -0.619. The predicted molar refractivity (Wildman–Crippen MR) is 111 cm³/mol. The zero-order valence-electron chi connectivity index (χ0n) is 16.3. The third-order valence-electron chi connectivity index (χ3n) is 5.01. The summed E-state index contributed by atoms with van der Waals surface area (Å²) in [5.74, 6) is 0. The summed E-state index contributed by atoms with van der Waals surface area (Å²) < 4.78 is 28.8.